The molecule has 0 bridgehead atoms. The Bertz CT molecular complexity index is 1590. The summed E-state index contributed by atoms with van der Waals surface area (Å²) in [6.45, 7) is 2.53. The maximum atomic E-state index is 13.6. The molecule has 1 aliphatic heterocycles. The molecule has 0 radical (unpaired) electrons. The molecule has 1 aliphatic carbocycles. The average molecular weight is 465 g/mol. The van der Waals surface area contributed by atoms with Gasteiger partial charge in [0.25, 0.3) is 0 Å². The second kappa shape index (κ2) is 8.27. The van der Waals surface area contributed by atoms with E-state index < -0.39 is 11.5 Å². The van der Waals surface area contributed by atoms with Gasteiger partial charge in [-0.1, -0.05) is 48.5 Å². The van der Waals surface area contributed by atoms with Gasteiger partial charge in [0.05, 0.1) is 17.6 Å². The number of hydrogen-bond donors (Lipinski definition) is 1. The second-order valence-corrected chi connectivity index (χ2v) is 9.20. The van der Waals surface area contributed by atoms with Crippen molar-refractivity contribution in [3.8, 4) is 11.5 Å². The summed E-state index contributed by atoms with van der Waals surface area (Å²) in [5.74, 6) is -0.276. The fourth-order valence-corrected chi connectivity index (χ4v) is 5.46. The van der Waals surface area contributed by atoms with E-state index in [0.29, 0.717) is 28.7 Å². The van der Waals surface area contributed by atoms with Crippen molar-refractivity contribution in [2.45, 2.75) is 32.1 Å². The summed E-state index contributed by atoms with van der Waals surface area (Å²) >= 11 is 0. The molecule has 1 aromatic heterocycles. The lowest BCUT2D eigenvalue weighted by molar-refractivity contribution is -0.115. The highest BCUT2D eigenvalue weighted by Crippen LogP contribution is 2.45. The Morgan fingerprint density at radius 2 is 1.74 bits per heavy atom. The van der Waals surface area contributed by atoms with E-state index in [2.05, 4.69) is 0 Å². The first-order valence-electron chi connectivity index (χ1n) is 11.9. The van der Waals surface area contributed by atoms with E-state index in [1.54, 1.807) is 24.3 Å². The third kappa shape index (κ3) is 3.46. The highest BCUT2D eigenvalue weighted by atomic mass is 16.5. The second-order valence-electron chi connectivity index (χ2n) is 9.20. The monoisotopic (exact) mass is 464 g/mol. The predicted molar refractivity (Wildman–Crippen MR) is 134 cm³/mol. The van der Waals surface area contributed by atoms with Crippen LogP contribution in [0.15, 0.2) is 81.5 Å². The van der Waals surface area contributed by atoms with Crippen molar-refractivity contribution in [3.05, 3.63) is 111 Å². The number of Topliss-reactive ketones (excluding diaryl/α,β-unsaturated/α-hetero) is 1. The van der Waals surface area contributed by atoms with Crippen LogP contribution in [0.5, 0.6) is 11.5 Å². The zero-order valence-electron chi connectivity index (χ0n) is 19.3. The molecule has 0 fully saturated rings. The number of aryl methyl sites for hydroxylation is 1. The summed E-state index contributed by atoms with van der Waals surface area (Å²) in [7, 11) is 0. The standard InChI is InChI=1S/C30H24O5/c1-17-21-9-3-2-7-19(21)15-23(31)26(17)27(20-13-12-18-8-6-14-34-25(18)16-20)28-29(32)22-10-4-5-11-24(22)35-30(28)33/h2-5,7,9-13,16,27,32H,6,8,14-15H2,1H3. The Hall–Kier alpha value is -4.12. The summed E-state index contributed by atoms with van der Waals surface area (Å²) in [5.41, 5.74) is 4.76. The number of ketones is 1. The van der Waals surface area contributed by atoms with E-state index in [-0.39, 0.29) is 23.5 Å². The molecule has 6 rings (SSSR count). The van der Waals surface area contributed by atoms with Crippen molar-refractivity contribution in [2.24, 2.45) is 0 Å². The molecule has 0 saturated carbocycles. The lowest BCUT2D eigenvalue weighted by Crippen LogP contribution is -2.25. The number of fused-ring (bicyclic) bond motifs is 3. The first kappa shape index (κ1) is 21.4. The Kier molecular flexibility index (Phi) is 5.06. The van der Waals surface area contributed by atoms with E-state index in [1.165, 1.54) is 0 Å². The largest absolute Gasteiger partial charge is 0.507 e. The molecule has 1 N–H and O–H groups in total. The third-order valence-corrected chi connectivity index (χ3v) is 7.15. The molecule has 1 unspecified atom stereocenters. The van der Waals surface area contributed by atoms with Crippen LogP contribution in [0.1, 0.15) is 47.1 Å². The number of allylic oxidation sites excluding steroid dienone is 2. The SMILES string of the molecule is CC1=C(C(c2ccc3c(c2)OCCC3)c2c(O)c3ccccc3oc2=O)C(=O)Cc2ccccc21. The Labute approximate surface area is 202 Å². The van der Waals surface area contributed by atoms with Gasteiger partial charge < -0.3 is 14.3 Å². The van der Waals surface area contributed by atoms with Gasteiger partial charge in [0.15, 0.2) is 5.78 Å². The van der Waals surface area contributed by atoms with Gasteiger partial charge in [0.1, 0.15) is 17.1 Å². The quantitative estimate of drug-likeness (QED) is 0.402. The Balaban J connectivity index is 1.66. The van der Waals surface area contributed by atoms with Gasteiger partial charge in [-0.05, 0) is 65.8 Å². The number of benzene rings is 3. The van der Waals surface area contributed by atoms with Crippen molar-refractivity contribution < 1.29 is 19.1 Å². The molecular weight excluding hydrogens is 440 g/mol. The third-order valence-electron chi connectivity index (χ3n) is 7.15. The molecule has 0 spiro atoms. The van der Waals surface area contributed by atoms with E-state index >= 15 is 0 Å². The average Bonchev–Trinajstić information content (AvgIpc) is 2.87. The minimum Gasteiger partial charge on any atom is -0.507 e. The van der Waals surface area contributed by atoms with Crippen LogP contribution >= 0.6 is 0 Å². The fraction of sp³-hybridized carbons (Fsp3) is 0.200. The number of hydrogen-bond acceptors (Lipinski definition) is 5. The van der Waals surface area contributed by atoms with Crippen LogP contribution in [-0.2, 0) is 17.6 Å². The van der Waals surface area contributed by atoms with Crippen LogP contribution in [0.3, 0.4) is 0 Å². The molecule has 2 heterocycles. The molecule has 0 saturated heterocycles. The van der Waals surface area contributed by atoms with E-state index in [1.807, 2.05) is 49.4 Å². The first-order valence-corrected chi connectivity index (χ1v) is 11.9. The highest BCUT2D eigenvalue weighted by molar-refractivity contribution is 6.08. The topological polar surface area (TPSA) is 76.7 Å². The van der Waals surface area contributed by atoms with Crippen molar-refractivity contribution in [1.82, 2.24) is 0 Å². The Morgan fingerprint density at radius 3 is 2.63 bits per heavy atom. The molecule has 174 valence electrons. The van der Waals surface area contributed by atoms with Crippen molar-refractivity contribution in [1.29, 1.82) is 0 Å². The number of carbonyl (C=O) groups is 1. The van der Waals surface area contributed by atoms with Crippen LogP contribution in [0.2, 0.25) is 0 Å². The minimum absolute atomic E-state index is 0.0709. The molecule has 5 nitrogen and oxygen atoms in total. The number of para-hydroxylation sites is 1. The lowest BCUT2D eigenvalue weighted by Gasteiger charge is -2.28. The maximum Gasteiger partial charge on any atom is 0.344 e. The molecule has 35 heavy (non-hydrogen) atoms. The molecule has 0 amide bonds. The normalized spacial score (nSPS) is 16.0. The highest BCUT2D eigenvalue weighted by Gasteiger charge is 2.35. The number of aromatic hydroxyl groups is 1. The molecule has 2 aliphatic rings. The number of carbonyl (C=O) groups excluding carboxylic acids is 1. The molecule has 4 aromatic rings. The van der Waals surface area contributed by atoms with Gasteiger partial charge in [-0.3, -0.25) is 4.79 Å². The van der Waals surface area contributed by atoms with E-state index in [0.717, 1.165) is 40.9 Å². The molecule has 1 atom stereocenters. The fourth-order valence-electron chi connectivity index (χ4n) is 5.46. The van der Waals surface area contributed by atoms with Crippen LogP contribution < -0.4 is 10.4 Å². The lowest BCUT2D eigenvalue weighted by atomic mass is 9.74. The van der Waals surface area contributed by atoms with Gasteiger partial charge in [-0.15, -0.1) is 0 Å². The van der Waals surface area contributed by atoms with Crippen LogP contribution in [-0.4, -0.2) is 17.5 Å². The summed E-state index contributed by atoms with van der Waals surface area (Å²) in [5, 5.41) is 11.8. The van der Waals surface area contributed by atoms with Gasteiger partial charge in [-0.2, -0.15) is 0 Å². The predicted octanol–water partition coefficient (Wildman–Crippen LogP) is 5.55. The van der Waals surface area contributed by atoms with Crippen molar-refractivity contribution >= 4 is 22.3 Å². The van der Waals surface area contributed by atoms with Gasteiger partial charge >= 0.3 is 5.63 Å². The minimum atomic E-state index is -0.799. The smallest absolute Gasteiger partial charge is 0.344 e. The molecule has 3 aromatic carbocycles. The van der Waals surface area contributed by atoms with E-state index in [9.17, 15) is 14.7 Å². The van der Waals surface area contributed by atoms with Crippen molar-refractivity contribution in [3.63, 3.8) is 0 Å². The van der Waals surface area contributed by atoms with Crippen LogP contribution in [0.25, 0.3) is 16.5 Å². The first-order chi connectivity index (χ1) is 17.0. The zero-order chi connectivity index (χ0) is 24.1. The summed E-state index contributed by atoms with van der Waals surface area (Å²) < 4.78 is 11.6. The van der Waals surface area contributed by atoms with Gasteiger partial charge in [-0.25, -0.2) is 4.79 Å². The van der Waals surface area contributed by atoms with Gasteiger partial charge in [0.2, 0.25) is 0 Å². The summed E-state index contributed by atoms with van der Waals surface area (Å²) in [4.78, 5) is 27.0. The molecular formula is C30H24O5. The number of rotatable bonds is 3. The number of ether oxygens (including phenoxy) is 1. The maximum absolute atomic E-state index is 13.6. The van der Waals surface area contributed by atoms with Crippen LogP contribution in [0.4, 0.5) is 0 Å². The molecule has 5 heteroatoms. The van der Waals surface area contributed by atoms with E-state index in [4.69, 9.17) is 9.15 Å². The summed E-state index contributed by atoms with van der Waals surface area (Å²) in [6, 6.07) is 20.5. The van der Waals surface area contributed by atoms with Crippen molar-refractivity contribution in [2.75, 3.05) is 6.61 Å². The Morgan fingerprint density at radius 1 is 0.943 bits per heavy atom. The van der Waals surface area contributed by atoms with Gasteiger partial charge in [0, 0.05) is 17.9 Å². The zero-order valence-corrected chi connectivity index (χ0v) is 19.3. The summed E-state index contributed by atoms with van der Waals surface area (Å²) in [6.07, 6.45) is 2.10. The van der Waals surface area contributed by atoms with Crippen LogP contribution in [0, 0.1) is 0 Å².